The Bertz CT molecular complexity index is 157. The quantitative estimate of drug-likeness (QED) is 0.556. The van der Waals surface area contributed by atoms with E-state index in [4.69, 9.17) is 4.74 Å². The smallest absolute Gasteiger partial charge is 0.0469 e. The summed E-state index contributed by atoms with van der Waals surface area (Å²) in [6, 6.07) is 0.589. The molecule has 0 aromatic rings. The van der Waals surface area contributed by atoms with Gasteiger partial charge in [-0.05, 0) is 37.6 Å². The van der Waals surface area contributed by atoms with Gasteiger partial charge in [0, 0.05) is 19.3 Å². The van der Waals surface area contributed by atoms with Crippen LogP contribution in [0.1, 0.15) is 60.3 Å². The van der Waals surface area contributed by atoms with Gasteiger partial charge in [-0.15, -0.1) is 0 Å². The van der Waals surface area contributed by atoms with Crippen LogP contribution in [0.2, 0.25) is 0 Å². The van der Waals surface area contributed by atoms with Crippen LogP contribution < -0.4 is 5.32 Å². The topological polar surface area (TPSA) is 21.3 Å². The molecule has 104 valence electrons. The van der Waals surface area contributed by atoms with Crippen LogP contribution >= 0.6 is 0 Å². The van der Waals surface area contributed by atoms with Crippen LogP contribution in [0.5, 0.6) is 0 Å². The zero-order valence-corrected chi connectivity index (χ0v) is 12.6. The minimum atomic E-state index is 0.589. The molecule has 0 aliphatic heterocycles. The fraction of sp³-hybridized carbons (Fsp3) is 1.00. The molecule has 1 unspecified atom stereocenters. The molecular formula is C15H33NO. The van der Waals surface area contributed by atoms with E-state index >= 15 is 0 Å². The molecule has 0 saturated carbocycles. The van der Waals surface area contributed by atoms with Gasteiger partial charge in [-0.3, -0.25) is 0 Å². The number of hydrogen-bond acceptors (Lipinski definition) is 2. The Labute approximate surface area is 109 Å². The van der Waals surface area contributed by atoms with E-state index in [1.807, 2.05) is 0 Å². The van der Waals surface area contributed by atoms with E-state index in [-0.39, 0.29) is 0 Å². The number of rotatable bonds is 11. The molecule has 1 atom stereocenters. The van der Waals surface area contributed by atoms with E-state index < -0.39 is 0 Å². The predicted octanol–water partition coefficient (Wildman–Crippen LogP) is 3.85. The van der Waals surface area contributed by atoms with Gasteiger partial charge < -0.3 is 10.1 Å². The van der Waals surface area contributed by atoms with E-state index in [2.05, 4.69) is 39.9 Å². The Morgan fingerprint density at radius 1 is 1.06 bits per heavy atom. The number of ether oxygens (including phenoxy) is 1. The zero-order chi connectivity index (χ0) is 13.1. The standard InChI is InChI=1S/C15H33NO/c1-6-7-9-17-10-8-15(11-13(2)3)12-16-14(4)5/h13-16H,6-12H2,1-5H3. The molecule has 0 aromatic carbocycles. The fourth-order valence-electron chi connectivity index (χ4n) is 1.97. The van der Waals surface area contributed by atoms with Gasteiger partial charge >= 0.3 is 0 Å². The van der Waals surface area contributed by atoms with Crippen molar-refractivity contribution in [1.29, 1.82) is 0 Å². The molecule has 0 heterocycles. The molecule has 0 amide bonds. The highest BCUT2D eigenvalue weighted by molar-refractivity contribution is 4.66. The van der Waals surface area contributed by atoms with Gasteiger partial charge in [0.25, 0.3) is 0 Å². The highest BCUT2D eigenvalue weighted by atomic mass is 16.5. The lowest BCUT2D eigenvalue weighted by Crippen LogP contribution is -2.30. The second-order valence-electron chi connectivity index (χ2n) is 5.81. The van der Waals surface area contributed by atoms with Gasteiger partial charge in [-0.2, -0.15) is 0 Å². The van der Waals surface area contributed by atoms with E-state index in [1.165, 1.54) is 25.7 Å². The van der Waals surface area contributed by atoms with Crippen LogP contribution in [0.15, 0.2) is 0 Å². The van der Waals surface area contributed by atoms with Gasteiger partial charge in [0.1, 0.15) is 0 Å². The highest BCUT2D eigenvalue weighted by Crippen LogP contribution is 2.15. The highest BCUT2D eigenvalue weighted by Gasteiger charge is 2.11. The molecule has 0 saturated heterocycles. The molecule has 0 radical (unpaired) electrons. The average molecular weight is 243 g/mol. The molecule has 0 aromatic heterocycles. The van der Waals surface area contributed by atoms with Crippen LogP contribution in [0.25, 0.3) is 0 Å². The van der Waals surface area contributed by atoms with Gasteiger partial charge in [0.2, 0.25) is 0 Å². The first kappa shape index (κ1) is 16.9. The largest absolute Gasteiger partial charge is 0.381 e. The van der Waals surface area contributed by atoms with Gasteiger partial charge in [-0.1, -0.05) is 41.0 Å². The minimum Gasteiger partial charge on any atom is -0.381 e. The third-order valence-corrected chi connectivity index (χ3v) is 2.93. The molecule has 0 bridgehead atoms. The summed E-state index contributed by atoms with van der Waals surface area (Å²) in [4.78, 5) is 0. The molecule has 1 N–H and O–H groups in total. The summed E-state index contributed by atoms with van der Waals surface area (Å²) < 4.78 is 5.67. The molecule has 17 heavy (non-hydrogen) atoms. The summed E-state index contributed by atoms with van der Waals surface area (Å²) in [6.45, 7) is 14.2. The second-order valence-corrected chi connectivity index (χ2v) is 5.81. The molecule has 0 fully saturated rings. The summed E-state index contributed by atoms with van der Waals surface area (Å²) in [5, 5.41) is 3.55. The molecule has 0 aliphatic carbocycles. The van der Waals surface area contributed by atoms with Crippen molar-refractivity contribution in [2.45, 2.75) is 66.3 Å². The second kappa shape index (κ2) is 11.0. The van der Waals surface area contributed by atoms with Crippen molar-refractivity contribution in [1.82, 2.24) is 5.32 Å². The molecule has 0 spiro atoms. The third kappa shape index (κ3) is 12.2. The lowest BCUT2D eigenvalue weighted by Gasteiger charge is -2.21. The average Bonchev–Trinajstić information content (AvgIpc) is 2.24. The van der Waals surface area contributed by atoms with Crippen molar-refractivity contribution in [2.75, 3.05) is 19.8 Å². The maximum atomic E-state index is 5.67. The van der Waals surface area contributed by atoms with Crippen LogP contribution in [0.3, 0.4) is 0 Å². The number of hydrogen-bond donors (Lipinski definition) is 1. The Morgan fingerprint density at radius 2 is 1.76 bits per heavy atom. The predicted molar refractivity (Wildman–Crippen MR) is 76.4 cm³/mol. The maximum absolute atomic E-state index is 5.67. The summed E-state index contributed by atoms with van der Waals surface area (Å²) >= 11 is 0. The maximum Gasteiger partial charge on any atom is 0.0469 e. The molecule has 0 aliphatic rings. The van der Waals surface area contributed by atoms with Crippen molar-refractivity contribution >= 4 is 0 Å². The molecule has 0 rings (SSSR count). The van der Waals surface area contributed by atoms with Crippen LogP contribution in [-0.4, -0.2) is 25.8 Å². The van der Waals surface area contributed by atoms with Gasteiger partial charge in [-0.25, -0.2) is 0 Å². The van der Waals surface area contributed by atoms with Crippen molar-refractivity contribution in [3.8, 4) is 0 Å². The van der Waals surface area contributed by atoms with Gasteiger partial charge in [0.05, 0.1) is 0 Å². The van der Waals surface area contributed by atoms with Crippen molar-refractivity contribution in [3.63, 3.8) is 0 Å². The Balaban J connectivity index is 3.69. The Kier molecular flexibility index (Phi) is 11.0. The lowest BCUT2D eigenvalue weighted by atomic mass is 9.94. The number of nitrogens with one attached hydrogen (secondary N) is 1. The van der Waals surface area contributed by atoms with E-state index in [0.29, 0.717) is 6.04 Å². The fourth-order valence-corrected chi connectivity index (χ4v) is 1.97. The van der Waals surface area contributed by atoms with Gasteiger partial charge in [0.15, 0.2) is 0 Å². The van der Waals surface area contributed by atoms with Crippen molar-refractivity contribution in [3.05, 3.63) is 0 Å². The van der Waals surface area contributed by atoms with Crippen LogP contribution in [-0.2, 0) is 4.74 Å². The minimum absolute atomic E-state index is 0.589. The first-order valence-corrected chi connectivity index (χ1v) is 7.37. The summed E-state index contributed by atoms with van der Waals surface area (Å²) in [5.74, 6) is 1.55. The Morgan fingerprint density at radius 3 is 2.29 bits per heavy atom. The first-order valence-electron chi connectivity index (χ1n) is 7.37. The van der Waals surface area contributed by atoms with Crippen molar-refractivity contribution < 1.29 is 4.74 Å². The normalized spacial score (nSPS) is 13.6. The van der Waals surface area contributed by atoms with E-state index in [1.54, 1.807) is 0 Å². The first-order chi connectivity index (χ1) is 8.06. The molecule has 2 heteroatoms. The van der Waals surface area contributed by atoms with Crippen molar-refractivity contribution in [2.24, 2.45) is 11.8 Å². The SMILES string of the molecule is CCCCOCCC(CNC(C)C)CC(C)C. The number of unbranched alkanes of at least 4 members (excludes halogenated alkanes) is 1. The summed E-state index contributed by atoms with van der Waals surface area (Å²) in [5.41, 5.74) is 0. The zero-order valence-electron chi connectivity index (χ0n) is 12.6. The molecule has 2 nitrogen and oxygen atoms in total. The monoisotopic (exact) mass is 243 g/mol. The molecular weight excluding hydrogens is 210 g/mol. The summed E-state index contributed by atoms with van der Waals surface area (Å²) in [6.07, 6.45) is 4.92. The van der Waals surface area contributed by atoms with Crippen LogP contribution in [0.4, 0.5) is 0 Å². The third-order valence-electron chi connectivity index (χ3n) is 2.93. The summed E-state index contributed by atoms with van der Waals surface area (Å²) in [7, 11) is 0. The van der Waals surface area contributed by atoms with E-state index in [0.717, 1.165) is 31.6 Å². The Hall–Kier alpha value is -0.0800. The van der Waals surface area contributed by atoms with E-state index in [9.17, 15) is 0 Å². The lowest BCUT2D eigenvalue weighted by molar-refractivity contribution is 0.113. The van der Waals surface area contributed by atoms with Crippen LogP contribution in [0, 0.1) is 11.8 Å².